The summed E-state index contributed by atoms with van der Waals surface area (Å²) in [4.78, 5) is 23.6. The largest absolute Gasteiger partial charge is 0.366 e. The van der Waals surface area contributed by atoms with Gasteiger partial charge in [0, 0.05) is 47.1 Å². The molecule has 1 aliphatic heterocycles. The number of hydrogen-bond acceptors (Lipinski definition) is 6. The highest BCUT2D eigenvalue weighted by Gasteiger charge is 2.36. The molecule has 3 aromatic rings. The number of benzene rings is 1. The Balaban J connectivity index is 1.69. The van der Waals surface area contributed by atoms with Crippen molar-refractivity contribution in [3.05, 3.63) is 53.1 Å². The Morgan fingerprint density at radius 2 is 2.09 bits per heavy atom. The SMILES string of the molecule is CCS(=O)CCn1c(CN(C)c2cnccc2C2(C=O)CCNCC2)nc2cc(Cl)ccc21. The van der Waals surface area contributed by atoms with Gasteiger partial charge in [-0.3, -0.25) is 9.19 Å². The van der Waals surface area contributed by atoms with E-state index in [0.717, 1.165) is 60.3 Å². The van der Waals surface area contributed by atoms with E-state index in [-0.39, 0.29) is 0 Å². The van der Waals surface area contributed by atoms with Gasteiger partial charge in [-0.1, -0.05) is 18.5 Å². The molecule has 4 rings (SSSR count). The lowest BCUT2D eigenvalue weighted by molar-refractivity contribution is -0.113. The molecule has 33 heavy (non-hydrogen) atoms. The second kappa shape index (κ2) is 10.3. The van der Waals surface area contributed by atoms with Gasteiger partial charge in [0.15, 0.2) is 0 Å². The Kier molecular flexibility index (Phi) is 7.46. The monoisotopic (exact) mass is 487 g/mol. The number of aryl methyl sites for hydroxylation is 1. The summed E-state index contributed by atoms with van der Waals surface area (Å²) < 4.78 is 14.3. The summed E-state index contributed by atoms with van der Waals surface area (Å²) in [5, 5.41) is 3.99. The highest BCUT2D eigenvalue weighted by Crippen LogP contribution is 2.37. The second-order valence-corrected chi connectivity index (χ2v) is 10.8. The van der Waals surface area contributed by atoms with Gasteiger partial charge in [-0.05, 0) is 55.8 Å². The van der Waals surface area contributed by atoms with E-state index in [1.807, 2.05) is 44.4 Å². The van der Waals surface area contributed by atoms with Crippen LogP contribution in [-0.2, 0) is 34.1 Å². The molecule has 0 radical (unpaired) electrons. The van der Waals surface area contributed by atoms with E-state index in [4.69, 9.17) is 16.6 Å². The van der Waals surface area contributed by atoms with E-state index >= 15 is 0 Å². The highest BCUT2D eigenvalue weighted by atomic mass is 35.5. The fraction of sp³-hybridized carbons (Fsp3) is 0.458. The number of nitrogens with one attached hydrogen (secondary N) is 1. The van der Waals surface area contributed by atoms with Crippen molar-refractivity contribution >= 4 is 45.4 Å². The summed E-state index contributed by atoms with van der Waals surface area (Å²) in [7, 11) is 1.13. The first-order valence-electron chi connectivity index (χ1n) is 11.3. The molecular weight excluding hydrogens is 458 g/mol. The predicted molar refractivity (Wildman–Crippen MR) is 134 cm³/mol. The fourth-order valence-corrected chi connectivity index (χ4v) is 5.43. The Labute approximate surface area is 202 Å². The Morgan fingerprint density at radius 1 is 1.30 bits per heavy atom. The molecular formula is C24H30ClN5O2S. The van der Waals surface area contributed by atoms with Gasteiger partial charge in [-0.25, -0.2) is 4.98 Å². The van der Waals surface area contributed by atoms with E-state index < -0.39 is 16.2 Å². The molecule has 0 bridgehead atoms. The number of piperidine rings is 1. The minimum atomic E-state index is -0.873. The van der Waals surface area contributed by atoms with Gasteiger partial charge in [0.25, 0.3) is 0 Å². The zero-order valence-corrected chi connectivity index (χ0v) is 20.7. The zero-order chi connectivity index (χ0) is 23.4. The minimum absolute atomic E-state index is 0.510. The van der Waals surface area contributed by atoms with Crippen LogP contribution in [0.25, 0.3) is 11.0 Å². The van der Waals surface area contributed by atoms with Crippen molar-refractivity contribution in [3.8, 4) is 0 Å². The van der Waals surface area contributed by atoms with Crippen LogP contribution >= 0.6 is 11.6 Å². The number of nitrogens with zero attached hydrogens (tertiary/aromatic N) is 4. The van der Waals surface area contributed by atoms with Crippen LogP contribution in [-0.4, -0.2) is 56.7 Å². The second-order valence-electron chi connectivity index (χ2n) is 8.52. The molecule has 7 nitrogen and oxygen atoms in total. The van der Waals surface area contributed by atoms with Gasteiger partial charge >= 0.3 is 0 Å². The lowest BCUT2D eigenvalue weighted by Crippen LogP contribution is -2.42. The van der Waals surface area contributed by atoms with Crippen LogP contribution in [0, 0.1) is 0 Å². The third-order valence-corrected chi connectivity index (χ3v) is 8.02. The molecule has 1 unspecified atom stereocenters. The standard InChI is InChI=1S/C24H30ClN5O2S/c1-3-33(32)13-12-30-21-5-4-18(25)14-20(21)28-23(30)16-29(2)22-15-27-9-6-19(22)24(17-31)7-10-26-11-8-24/h4-6,9,14-15,17,26H,3,7-8,10-13,16H2,1-2H3. The summed E-state index contributed by atoms with van der Waals surface area (Å²) in [6, 6.07) is 7.66. The maximum absolute atomic E-state index is 12.3. The van der Waals surface area contributed by atoms with Crippen LogP contribution in [0.1, 0.15) is 31.2 Å². The number of carbonyl (C=O) groups excluding carboxylic acids is 1. The number of fused-ring (bicyclic) bond motifs is 1. The quantitative estimate of drug-likeness (QED) is 0.466. The normalized spacial score (nSPS) is 16.6. The average molecular weight is 488 g/mol. The molecule has 0 amide bonds. The van der Waals surface area contributed by atoms with E-state index in [2.05, 4.69) is 19.8 Å². The first-order chi connectivity index (χ1) is 16.0. The molecule has 1 aromatic carbocycles. The number of carbonyl (C=O) groups is 1. The van der Waals surface area contributed by atoms with Crippen molar-refractivity contribution in [1.29, 1.82) is 0 Å². The fourth-order valence-electron chi connectivity index (χ4n) is 4.59. The van der Waals surface area contributed by atoms with Crippen molar-refractivity contribution in [2.24, 2.45) is 0 Å². The van der Waals surface area contributed by atoms with Crippen molar-refractivity contribution in [1.82, 2.24) is 19.9 Å². The van der Waals surface area contributed by atoms with Crippen LogP contribution < -0.4 is 10.2 Å². The van der Waals surface area contributed by atoms with Crippen molar-refractivity contribution in [2.45, 2.75) is 38.3 Å². The predicted octanol–water partition coefficient (Wildman–Crippen LogP) is 3.31. The molecule has 3 heterocycles. The number of anilines is 1. The number of pyridine rings is 1. The summed E-state index contributed by atoms with van der Waals surface area (Å²) in [5.74, 6) is 2.07. The first kappa shape index (κ1) is 23.9. The maximum Gasteiger partial charge on any atom is 0.130 e. The molecule has 1 saturated heterocycles. The van der Waals surface area contributed by atoms with Crippen LogP contribution in [0.5, 0.6) is 0 Å². The maximum atomic E-state index is 12.3. The van der Waals surface area contributed by atoms with Crippen LogP contribution in [0.2, 0.25) is 5.02 Å². The van der Waals surface area contributed by atoms with E-state index in [1.165, 1.54) is 0 Å². The van der Waals surface area contributed by atoms with Crippen molar-refractivity contribution < 1.29 is 9.00 Å². The molecule has 1 N–H and O–H groups in total. The third kappa shape index (κ3) is 4.98. The summed E-state index contributed by atoms with van der Waals surface area (Å²) >= 11 is 6.22. The molecule has 1 aliphatic rings. The number of imidazole rings is 1. The van der Waals surface area contributed by atoms with E-state index in [0.29, 0.717) is 29.6 Å². The molecule has 0 spiro atoms. The third-order valence-electron chi connectivity index (χ3n) is 6.50. The molecule has 9 heteroatoms. The first-order valence-corrected chi connectivity index (χ1v) is 13.2. The number of aromatic nitrogens is 3. The van der Waals surface area contributed by atoms with Gasteiger partial charge in [0.2, 0.25) is 0 Å². The summed E-state index contributed by atoms with van der Waals surface area (Å²) in [5.41, 5.74) is 3.23. The van der Waals surface area contributed by atoms with Crippen molar-refractivity contribution in [2.75, 3.05) is 36.5 Å². The minimum Gasteiger partial charge on any atom is -0.366 e. The van der Waals surface area contributed by atoms with Gasteiger partial charge in [-0.15, -0.1) is 0 Å². The lowest BCUT2D eigenvalue weighted by Gasteiger charge is -2.36. The molecule has 0 aliphatic carbocycles. The zero-order valence-electron chi connectivity index (χ0n) is 19.1. The topological polar surface area (TPSA) is 80.1 Å². The van der Waals surface area contributed by atoms with Crippen LogP contribution in [0.3, 0.4) is 0 Å². The van der Waals surface area contributed by atoms with Crippen molar-refractivity contribution in [3.63, 3.8) is 0 Å². The Morgan fingerprint density at radius 3 is 2.82 bits per heavy atom. The van der Waals surface area contributed by atoms with E-state index in [1.54, 1.807) is 6.20 Å². The molecule has 0 saturated carbocycles. The average Bonchev–Trinajstić information content (AvgIpc) is 3.18. The van der Waals surface area contributed by atoms with Gasteiger partial charge in [-0.2, -0.15) is 0 Å². The summed E-state index contributed by atoms with van der Waals surface area (Å²) in [6.07, 6.45) is 6.23. The number of aldehydes is 1. The Hall–Kier alpha value is -2.29. The number of hydrogen-bond donors (Lipinski definition) is 1. The number of rotatable bonds is 9. The van der Waals surface area contributed by atoms with Gasteiger partial charge in [0.05, 0.1) is 34.9 Å². The molecule has 1 fully saturated rings. The number of halogens is 1. The highest BCUT2D eigenvalue weighted by molar-refractivity contribution is 7.84. The van der Waals surface area contributed by atoms with E-state index in [9.17, 15) is 9.00 Å². The van der Waals surface area contributed by atoms with Gasteiger partial charge < -0.3 is 19.6 Å². The molecule has 1 atom stereocenters. The molecule has 2 aromatic heterocycles. The smallest absolute Gasteiger partial charge is 0.130 e. The molecule has 176 valence electrons. The van der Waals surface area contributed by atoms with Gasteiger partial charge in [0.1, 0.15) is 12.1 Å². The summed E-state index contributed by atoms with van der Waals surface area (Å²) in [6.45, 7) is 4.71. The van der Waals surface area contributed by atoms with Crippen LogP contribution in [0.15, 0.2) is 36.7 Å². The Bertz CT molecular complexity index is 1160. The lowest BCUT2D eigenvalue weighted by atomic mass is 9.74. The van der Waals surface area contributed by atoms with Crippen LogP contribution in [0.4, 0.5) is 5.69 Å².